The van der Waals surface area contributed by atoms with Crippen molar-refractivity contribution in [3.05, 3.63) is 34.3 Å². The second-order valence-corrected chi connectivity index (χ2v) is 6.64. The van der Waals surface area contributed by atoms with Crippen molar-refractivity contribution in [3.8, 4) is 0 Å². The highest BCUT2D eigenvalue weighted by Crippen LogP contribution is 2.18. The summed E-state index contributed by atoms with van der Waals surface area (Å²) in [6, 6.07) is 9.17. The SMILES string of the molecule is CCN1CCN(CCC(N)c2ccc(Br)cc2)CC1C. The van der Waals surface area contributed by atoms with Gasteiger partial charge in [-0.3, -0.25) is 4.90 Å². The molecule has 0 spiro atoms. The number of hydrogen-bond donors (Lipinski definition) is 1. The van der Waals surface area contributed by atoms with E-state index in [9.17, 15) is 0 Å². The molecule has 2 unspecified atom stereocenters. The first-order valence-corrected chi connectivity index (χ1v) is 8.37. The lowest BCUT2D eigenvalue weighted by molar-refractivity contribution is 0.0861. The minimum atomic E-state index is 0.141. The van der Waals surface area contributed by atoms with Crippen molar-refractivity contribution < 1.29 is 0 Å². The van der Waals surface area contributed by atoms with Gasteiger partial charge in [-0.15, -0.1) is 0 Å². The van der Waals surface area contributed by atoms with Gasteiger partial charge in [0, 0.05) is 42.7 Å². The molecule has 1 aromatic carbocycles. The van der Waals surface area contributed by atoms with Gasteiger partial charge in [-0.2, -0.15) is 0 Å². The summed E-state index contributed by atoms with van der Waals surface area (Å²) in [7, 11) is 0. The molecule has 0 aromatic heterocycles. The van der Waals surface area contributed by atoms with Gasteiger partial charge in [-0.25, -0.2) is 0 Å². The summed E-state index contributed by atoms with van der Waals surface area (Å²) in [4.78, 5) is 5.10. The second kappa shape index (κ2) is 7.55. The molecule has 4 heteroatoms. The highest BCUT2D eigenvalue weighted by molar-refractivity contribution is 9.10. The Balaban J connectivity index is 1.79. The normalized spacial score (nSPS) is 22.9. The first kappa shape index (κ1) is 16.0. The summed E-state index contributed by atoms with van der Waals surface area (Å²) in [6.45, 7) is 10.4. The van der Waals surface area contributed by atoms with Gasteiger partial charge in [0.25, 0.3) is 0 Å². The van der Waals surface area contributed by atoms with Gasteiger partial charge in [0.2, 0.25) is 0 Å². The molecule has 112 valence electrons. The van der Waals surface area contributed by atoms with Crippen molar-refractivity contribution in [2.45, 2.75) is 32.4 Å². The molecule has 0 saturated carbocycles. The van der Waals surface area contributed by atoms with E-state index in [0.29, 0.717) is 6.04 Å². The largest absolute Gasteiger partial charge is 0.324 e. The average Bonchev–Trinajstić information content (AvgIpc) is 2.45. The van der Waals surface area contributed by atoms with E-state index in [1.807, 2.05) is 0 Å². The Morgan fingerprint density at radius 2 is 2.00 bits per heavy atom. The van der Waals surface area contributed by atoms with Crippen LogP contribution in [0, 0.1) is 0 Å². The molecule has 20 heavy (non-hydrogen) atoms. The van der Waals surface area contributed by atoms with Gasteiger partial charge < -0.3 is 10.6 Å². The fourth-order valence-corrected chi connectivity index (χ4v) is 3.21. The van der Waals surface area contributed by atoms with Crippen LogP contribution in [0.15, 0.2) is 28.7 Å². The van der Waals surface area contributed by atoms with Crippen molar-refractivity contribution in [3.63, 3.8) is 0 Å². The Morgan fingerprint density at radius 3 is 2.60 bits per heavy atom. The van der Waals surface area contributed by atoms with Gasteiger partial charge in [0.15, 0.2) is 0 Å². The third-order valence-electron chi connectivity index (χ3n) is 4.31. The predicted octanol–water partition coefficient (Wildman–Crippen LogP) is 2.87. The lowest BCUT2D eigenvalue weighted by atomic mass is 10.0. The van der Waals surface area contributed by atoms with Crippen LogP contribution in [0.5, 0.6) is 0 Å². The maximum absolute atomic E-state index is 6.30. The first-order valence-electron chi connectivity index (χ1n) is 7.57. The summed E-state index contributed by atoms with van der Waals surface area (Å²) < 4.78 is 1.11. The van der Waals surface area contributed by atoms with Crippen LogP contribution in [0.25, 0.3) is 0 Å². The summed E-state index contributed by atoms with van der Waals surface area (Å²) in [5.74, 6) is 0. The molecule has 1 heterocycles. The number of hydrogen-bond acceptors (Lipinski definition) is 3. The van der Waals surface area contributed by atoms with Crippen LogP contribution in [0.2, 0.25) is 0 Å². The predicted molar refractivity (Wildman–Crippen MR) is 88.8 cm³/mol. The van der Waals surface area contributed by atoms with Crippen LogP contribution in [0.4, 0.5) is 0 Å². The number of nitrogens with two attached hydrogens (primary N) is 1. The molecule has 1 aromatic rings. The van der Waals surface area contributed by atoms with Crippen LogP contribution < -0.4 is 5.73 Å². The van der Waals surface area contributed by atoms with E-state index in [4.69, 9.17) is 5.73 Å². The van der Waals surface area contributed by atoms with E-state index >= 15 is 0 Å². The van der Waals surface area contributed by atoms with E-state index in [1.165, 1.54) is 25.2 Å². The highest BCUT2D eigenvalue weighted by atomic mass is 79.9. The Morgan fingerprint density at radius 1 is 1.30 bits per heavy atom. The van der Waals surface area contributed by atoms with Crippen LogP contribution in [-0.2, 0) is 0 Å². The third-order valence-corrected chi connectivity index (χ3v) is 4.84. The van der Waals surface area contributed by atoms with Gasteiger partial charge >= 0.3 is 0 Å². The maximum atomic E-state index is 6.30. The van der Waals surface area contributed by atoms with Crippen molar-refractivity contribution in [2.75, 3.05) is 32.7 Å². The fraction of sp³-hybridized carbons (Fsp3) is 0.625. The average molecular weight is 340 g/mol. The number of nitrogens with zero attached hydrogens (tertiary/aromatic N) is 2. The minimum Gasteiger partial charge on any atom is -0.324 e. The Kier molecular flexibility index (Phi) is 6.02. The van der Waals surface area contributed by atoms with E-state index in [2.05, 4.69) is 63.8 Å². The quantitative estimate of drug-likeness (QED) is 0.895. The third kappa shape index (κ3) is 4.29. The molecule has 1 aliphatic rings. The number of halogens is 1. The van der Waals surface area contributed by atoms with Gasteiger partial charge in [-0.05, 0) is 37.6 Å². The Bertz CT molecular complexity index is 407. The van der Waals surface area contributed by atoms with Crippen LogP contribution in [0.3, 0.4) is 0 Å². The smallest absolute Gasteiger partial charge is 0.0307 e. The van der Waals surface area contributed by atoms with Crippen molar-refractivity contribution >= 4 is 15.9 Å². The molecule has 2 N–H and O–H groups in total. The van der Waals surface area contributed by atoms with E-state index < -0.39 is 0 Å². The number of likely N-dealkylation sites (N-methyl/N-ethyl adjacent to an activating group) is 1. The number of rotatable bonds is 5. The zero-order valence-corrected chi connectivity index (χ0v) is 14.1. The molecule has 3 nitrogen and oxygen atoms in total. The molecule has 0 bridgehead atoms. The molecule has 2 rings (SSSR count). The maximum Gasteiger partial charge on any atom is 0.0307 e. The fourth-order valence-electron chi connectivity index (χ4n) is 2.94. The highest BCUT2D eigenvalue weighted by Gasteiger charge is 2.22. The summed E-state index contributed by atoms with van der Waals surface area (Å²) in [6.07, 6.45) is 1.03. The number of piperazine rings is 1. The monoisotopic (exact) mass is 339 g/mol. The molecule has 2 atom stereocenters. The molecule has 1 aliphatic heterocycles. The first-order chi connectivity index (χ1) is 9.60. The minimum absolute atomic E-state index is 0.141. The van der Waals surface area contributed by atoms with Crippen LogP contribution >= 0.6 is 15.9 Å². The molecule has 0 radical (unpaired) electrons. The second-order valence-electron chi connectivity index (χ2n) is 5.72. The summed E-state index contributed by atoms with van der Waals surface area (Å²) in [5.41, 5.74) is 7.53. The molecular weight excluding hydrogens is 314 g/mol. The summed E-state index contributed by atoms with van der Waals surface area (Å²) >= 11 is 3.46. The molecule has 1 saturated heterocycles. The Labute approximate surface area is 131 Å². The molecule has 0 aliphatic carbocycles. The van der Waals surface area contributed by atoms with Gasteiger partial charge in [0.1, 0.15) is 0 Å². The summed E-state index contributed by atoms with van der Waals surface area (Å²) in [5, 5.41) is 0. The van der Waals surface area contributed by atoms with E-state index in [1.54, 1.807) is 0 Å². The topological polar surface area (TPSA) is 32.5 Å². The van der Waals surface area contributed by atoms with Crippen LogP contribution in [-0.4, -0.2) is 48.6 Å². The van der Waals surface area contributed by atoms with Crippen molar-refractivity contribution in [1.82, 2.24) is 9.80 Å². The van der Waals surface area contributed by atoms with Gasteiger partial charge in [0.05, 0.1) is 0 Å². The van der Waals surface area contributed by atoms with Crippen LogP contribution in [0.1, 0.15) is 31.9 Å². The lowest BCUT2D eigenvalue weighted by Gasteiger charge is -2.39. The molecule has 0 amide bonds. The number of benzene rings is 1. The standard InChI is InChI=1S/C16H26BrN3/c1-3-20-11-10-19(12-13(20)2)9-8-16(18)14-4-6-15(17)7-5-14/h4-7,13,16H,3,8-12,18H2,1-2H3. The zero-order chi connectivity index (χ0) is 14.5. The molecular formula is C16H26BrN3. The van der Waals surface area contributed by atoms with Gasteiger partial charge in [-0.1, -0.05) is 35.0 Å². The van der Waals surface area contributed by atoms with E-state index in [0.717, 1.165) is 24.0 Å². The zero-order valence-electron chi connectivity index (χ0n) is 12.6. The van der Waals surface area contributed by atoms with Crippen molar-refractivity contribution in [1.29, 1.82) is 0 Å². The van der Waals surface area contributed by atoms with Crippen molar-refractivity contribution in [2.24, 2.45) is 5.73 Å². The Hall–Kier alpha value is -0.420. The van der Waals surface area contributed by atoms with E-state index in [-0.39, 0.29) is 6.04 Å². The molecule has 1 fully saturated rings. The lowest BCUT2D eigenvalue weighted by Crippen LogP contribution is -2.51.